The van der Waals surface area contributed by atoms with Crippen LogP contribution < -0.4 is 16.2 Å². The van der Waals surface area contributed by atoms with E-state index in [1.54, 1.807) is 0 Å². The lowest BCUT2D eigenvalue weighted by molar-refractivity contribution is 0.0995. The van der Waals surface area contributed by atoms with Crippen molar-refractivity contribution in [2.24, 2.45) is 5.73 Å². The van der Waals surface area contributed by atoms with Crippen molar-refractivity contribution in [1.29, 1.82) is 0 Å². The third-order valence-corrected chi connectivity index (χ3v) is 1.97. The minimum Gasteiger partial charge on any atom is -0.488 e. The van der Waals surface area contributed by atoms with Gasteiger partial charge in [0.05, 0.1) is 18.0 Å². The fourth-order valence-corrected chi connectivity index (χ4v) is 1.05. The monoisotopic (exact) mass is 193 g/mol. The Morgan fingerprint density at radius 1 is 1.57 bits per heavy atom. The summed E-state index contributed by atoms with van der Waals surface area (Å²) in [6, 6.07) is 1.48. The third kappa shape index (κ3) is 1.76. The highest BCUT2D eigenvalue weighted by Gasteiger charge is 2.24. The molecule has 5 heteroatoms. The summed E-state index contributed by atoms with van der Waals surface area (Å²) in [5.74, 6) is -0.0815. The number of primary amides is 1. The molecule has 0 aromatic carbocycles. The van der Waals surface area contributed by atoms with Crippen molar-refractivity contribution in [3.63, 3.8) is 0 Å². The molecule has 0 spiro atoms. The molecule has 1 saturated carbocycles. The van der Waals surface area contributed by atoms with Crippen LogP contribution in [-0.4, -0.2) is 17.0 Å². The number of nitrogens with two attached hydrogens (primary N) is 2. The highest BCUT2D eigenvalue weighted by molar-refractivity contribution is 5.91. The first-order valence-corrected chi connectivity index (χ1v) is 4.39. The normalized spacial score (nSPS) is 15.1. The summed E-state index contributed by atoms with van der Waals surface area (Å²) in [7, 11) is 0. The number of amides is 1. The van der Waals surface area contributed by atoms with Gasteiger partial charge in [0.2, 0.25) is 0 Å². The highest BCUT2D eigenvalue weighted by atomic mass is 16.5. The van der Waals surface area contributed by atoms with Crippen LogP contribution >= 0.6 is 0 Å². The van der Waals surface area contributed by atoms with Crippen molar-refractivity contribution in [2.45, 2.75) is 18.9 Å². The molecule has 1 heterocycles. The van der Waals surface area contributed by atoms with Gasteiger partial charge in [-0.05, 0) is 12.8 Å². The van der Waals surface area contributed by atoms with Crippen molar-refractivity contribution < 1.29 is 9.53 Å². The lowest BCUT2D eigenvalue weighted by atomic mass is 10.3. The van der Waals surface area contributed by atoms with Crippen LogP contribution in [0.4, 0.5) is 5.69 Å². The van der Waals surface area contributed by atoms with E-state index in [0.717, 1.165) is 12.8 Å². The van der Waals surface area contributed by atoms with Gasteiger partial charge in [-0.15, -0.1) is 0 Å². The molecule has 14 heavy (non-hydrogen) atoms. The Labute approximate surface area is 81.1 Å². The highest BCUT2D eigenvalue weighted by Crippen LogP contribution is 2.30. The summed E-state index contributed by atoms with van der Waals surface area (Å²) < 4.78 is 5.47. The van der Waals surface area contributed by atoms with E-state index in [-0.39, 0.29) is 11.8 Å². The minimum atomic E-state index is -0.578. The smallest absolute Gasteiger partial charge is 0.267 e. The molecule has 2 rings (SSSR count). The third-order valence-electron chi connectivity index (χ3n) is 1.97. The van der Waals surface area contributed by atoms with Gasteiger partial charge >= 0.3 is 0 Å². The van der Waals surface area contributed by atoms with Gasteiger partial charge in [-0.1, -0.05) is 0 Å². The van der Waals surface area contributed by atoms with E-state index >= 15 is 0 Å². The van der Waals surface area contributed by atoms with Crippen LogP contribution in [-0.2, 0) is 0 Å². The largest absolute Gasteiger partial charge is 0.488 e. The molecular weight excluding hydrogens is 182 g/mol. The molecule has 0 bridgehead atoms. The Morgan fingerprint density at radius 3 is 2.86 bits per heavy atom. The van der Waals surface area contributed by atoms with Gasteiger partial charge in [0.15, 0.2) is 0 Å². The quantitative estimate of drug-likeness (QED) is 0.722. The van der Waals surface area contributed by atoms with Crippen molar-refractivity contribution in [3.05, 3.63) is 18.0 Å². The number of carbonyl (C=O) groups excluding carboxylic acids is 1. The standard InChI is InChI=1S/C9H11N3O2/c10-6-4-12-7(9(11)13)3-8(6)14-5-1-2-5/h3-5H,1-2,10H2,(H2,11,13). The molecule has 74 valence electrons. The van der Waals surface area contributed by atoms with Crippen LogP contribution in [0.25, 0.3) is 0 Å². The fourth-order valence-electron chi connectivity index (χ4n) is 1.05. The maximum Gasteiger partial charge on any atom is 0.267 e. The van der Waals surface area contributed by atoms with Crippen LogP contribution in [0.3, 0.4) is 0 Å². The van der Waals surface area contributed by atoms with Crippen LogP contribution in [0.1, 0.15) is 23.3 Å². The molecule has 1 aromatic heterocycles. The van der Waals surface area contributed by atoms with Crippen LogP contribution in [0, 0.1) is 0 Å². The van der Waals surface area contributed by atoms with Gasteiger partial charge in [0, 0.05) is 6.07 Å². The van der Waals surface area contributed by atoms with E-state index in [2.05, 4.69) is 4.98 Å². The van der Waals surface area contributed by atoms with Crippen molar-refractivity contribution in [3.8, 4) is 5.75 Å². The molecule has 0 atom stereocenters. The fraction of sp³-hybridized carbons (Fsp3) is 0.333. The maximum atomic E-state index is 10.8. The summed E-state index contributed by atoms with van der Waals surface area (Å²) in [6.07, 6.45) is 3.69. The Bertz CT molecular complexity index is 374. The first kappa shape index (κ1) is 8.80. The Morgan fingerprint density at radius 2 is 2.29 bits per heavy atom. The van der Waals surface area contributed by atoms with Crippen LogP contribution in [0.5, 0.6) is 5.75 Å². The zero-order valence-electron chi connectivity index (χ0n) is 7.56. The molecule has 0 aliphatic heterocycles. The van der Waals surface area contributed by atoms with Crippen molar-refractivity contribution >= 4 is 11.6 Å². The number of rotatable bonds is 3. The number of hydrogen-bond donors (Lipinski definition) is 2. The van der Waals surface area contributed by atoms with E-state index in [1.165, 1.54) is 12.3 Å². The number of aromatic nitrogens is 1. The summed E-state index contributed by atoms with van der Waals surface area (Å²) in [4.78, 5) is 14.6. The predicted octanol–water partition coefficient (Wildman–Crippen LogP) is 0.304. The first-order chi connectivity index (χ1) is 6.66. The Kier molecular flexibility index (Phi) is 1.99. The first-order valence-electron chi connectivity index (χ1n) is 4.39. The molecule has 0 radical (unpaired) electrons. The minimum absolute atomic E-state index is 0.176. The molecule has 1 aliphatic rings. The van der Waals surface area contributed by atoms with Gasteiger partial charge < -0.3 is 16.2 Å². The summed E-state index contributed by atoms with van der Waals surface area (Å²) in [5.41, 5.74) is 11.3. The molecular formula is C9H11N3O2. The molecule has 0 unspecified atom stereocenters. The van der Waals surface area contributed by atoms with Crippen LogP contribution in [0.2, 0.25) is 0 Å². The van der Waals surface area contributed by atoms with Crippen molar-refractivity contribution in [1.82, 2.24) is 4.98 Å². The molecule has 0 saturated heterocycles. The molecule has 5 nitrogen and oxygen atoms in total. The average Bonchev–Trinajstić information content (AvgIpc) is 2.92. The second kappa shape index (κ2) is 3.17. The Balaban J connectivity index is 2.26. The van der Waals surface area contributed by atoms with E-state index in [1.807, 2.05) is 0 Å². The van der Waals surface area contributed by atoms with Gasteiger partial charge in [-0.2, -0.15) is 0 Å². The SMILES string of the molecule is NC(=O)c1cc(OC2CC2)c(N)cn1. The number of nitrogens with zero attached hydrogens (tertiary/aromatic N) is 1. The van der Waals surface area contributed by atoms with Gasteiger partial charge in [-0.3, -0.25) is 4.79 Å². The van der Waals surface area contributed by atoms with E-state index < -0.39 is 5.91 Å². The summed E-state index contributed by atoms with van der Waals surface area (Å²) >= 11 is 0. The predicted molar refractivity (Wildman–Crippen MR) is 50.8 cm³/mol. The van der Waals surface area contributed by atoms with E-state index in [9.17, 15) is 4.79 Å². The Hall–Kier alpha value is -1.78. The van der Waals surface area contributed by atoms with E-state index in [0.29, 0.717) is 11.4 Å². The maximum absolute atomic E-state index is 10.8. The number of hydrogen-bond acceptors (Lipinski definition) is 4. The molecule has 1 aromatic rings. The summed E-state index contributed by atoms with van der Waals surface area (Å²) in [5, 5.41) is 0. The van der Waals surface area contributed by atoms with Crippen molar-refractivity contribution in [2.75, 3.05) is 5.73 Å². The molecule has 1 amide bonds. The lowest BCUT2D eigenvalue weighted by Gasteiger charge is -2.07. The number of pyridine rings is 1. The number of nitrogen functional groups attached to an aromatic ring is 1. The number of anilines is 1. The number of carbonyl (C=O) groups is 1. The zero-order chi connectivity index (χ0) is 10.1. The summed E-state index contributed by atoms with van der Waals surface area (Å²) in [6.45, 7) is 0. The zero-order valence-corrected chi connectivity index (χ0v) is 7.56. The van der Waals surface area contributed by atoms with Gasteiger partial charge in [0.25, 0.3) is 5.91 Å². The topological polar surface area (TPSA) is 91.2 Å². The second-order valence-electron chi connectivity index (χ2n) is 3.29. The number of ether oxygens (including phenoxy) is 1. The molecule has 1 fully saturated rings. The average molecular weight is 193 g/mol. The van der Waals surface area contributed by atoms with Gasteiger partial charge in [-0.25, -0.2) is 4.98 Å². The molecule has 4 N–H and O–H groups in total. The lowest BCUT2D eigenvalue weighted by Crippen LogP contribution is -2.13. The van der Waals surface area contributed by atoms with Crippen LogP contribution in [0.15, 0.2) is 12.3 Å². The van der Waals surface area contributed by atoms with Gasteiger partial charge in [0.1, 0.15) is 11.4 Å². The second-order valence-corrected chi connectivity index (χ2v) is 3.29. The van der Waals surface area contributed by atoms with E-state index in [4.69, 9.17) is 16.2 Å². The molecule has 1 aliphatic carbocycles.